The second-order valence-corrected chi connectivity index (χ2v) is 6.95. The summed E-state index contributed by atoms with van der Waals surface area (Å²) in [5, 5.41) is 5.24. The van der Waals surface area contributed by atoms with Crippen LogP contribution >= 0.6 is 0 Å². The van der Waals surface area contributed by atoms with Gasteiger partial charge in [-0.25, -0.2) is 4.79 Å². The number of rotatable bonds is 7. The lowest BCUT2D eigenvalue weighted by Crippen LogP contribution is -2.42. The third-order valence-corrected chi connectivity index (χ3v) is 4.85. The second kappa shape index (κ2) is 8.48. The largest absolute Gasteiger partial charge is 0.435 e. The number of nitrogens with one attached hydrogen (secondary N) is 2. The minimum Gasteiger partial charge on any atom is -0.435 e. The first-order valence-corrected chi connectivity index (χ1v) is 9.31. The number of anilines is 1. The van der Waals surface area contributed by atoms with Crippen molar-refractivity contribution in [2.45, 2.75) is 32.4 Å². The molecule has 1 atom stereocenters. The second-order valence-electron chi connectivity index (χ2n) is 6.95. The highest BCUT2D eigenvalue weighted by molar-refractivity contribution is 6.10. The minimum absolute atomic E-state index is 0.0698. The molecule has 0 saturated carbocycles. The Morgan fingerprint density at radius 1 is 1.20 bits per heavy atom. The van der Waals surface area contributed by atoms with Gasteiger partial charge in [-0.1, -0.05) is 31.2 Å². The number of hydrogen-bond donors (Lipinski definition) is 2. The molecule has 1 fully saturated rings. The molecule has 7 nitrogen and oxygen atoms in total. The summed E-state index contributed by atoms with van der Waals surface area (Å²) < 4.78 is 28.9. The highest BCUT2D eigenvalue weighted by Crippen LogP contribution is 2.30. The van der Waals surface area contributed by atoms with Gasteiger partial charge in [-0.2, -0.15) is 8.78 Å². The van der Waals surface area contributed by atoms with Crippen LogP contribution in [0.15, 0.2) is 48.5 Å². The summed E-state index contributed by atoms with van der Waals surface area (Å²) in [5.41, 5.74) is 0.558. The lowest BCUT2D eigenvalue weighted by Gasteiger charge is -2.22. The van der Waals surface area contributed by atoms with Gasteiger partial charge in [0.15, 0.2) is 0 Å². The summed E-state index contributed by atoms with van der Waals surface area (Å²) in [6.45, 7) is 0.0506. The lowest BCUT2D eigenvalue weighted by atomic mass is 9.92. The lowest BCUT2D eigenvalue weighted by molar-refractivity contribution is -0.133. The Balaban J connectivity index is 1.71. The van der Waals surface area contributed by atoms with E-state index >= 15 is 0 Å². The van der Waals surface area contributed by atoms with Crippen molar-refractivity contribution in [3.05, 3.63) is 59.7 Å². The molecule has 30 heavy (non-hydrogen) atoms. The van der Waals surface area contributed by atoms with Crippen molar-refractivity contribution in [1.82, 2.24) is 10.2 Å². The number of nitrogens with zero attached hydrogens (tertiary/aromatic N) is 1. The van der Waals surface area contributed by atoms with E-state index in [1.165, 1.54) is 31.2 Å². The summed E-state index contributed by atoms with van der Waals surface area (Å²) >= 11 is 0. The SMILES string of the molecule is CCc1cccc(NC(=O)CN2C(=O)N[C@](C)(c3ccc(OC(F)F)cc3)C2=O)c1. The summed E-state index contributed by atoms with van der Waals surface area (Å²) in [5.74, 6) is -1.20. The average Bonchev–Trinajstić information content (AvgIpc) is 2.92. The average molecular weight is 417 g/mol. The van der Waals surface area contributed by atoms with Crippen LogP contribution in [-0.4, -0.2) is 35.9 Å². The smallest absolute Gasteiger partial charge is 0.387 e. The monoisotopic (exact) mass is 417 g/mol. The Morgan fingerprint density at radius 3 is 2.53 bits per heavy atom. The maximum atomic E-state index is 12.9. The van der Waals surface area contributed by atoms with Crippen molar-refractivity contribution < 1.29 is 27.9 Å². The zero-order valence-electron chi connectivity index (χ0n) is 16.4. The quantitative estimate of drug-likeness (QED) is 0.677. The van der Waals surface area contributed by atoms with Crippen LogP contribution in [0.5, 0.6) is 5.75 Å². The molecule has 0 spiro atoms. The number of benzene rings is 2. The number of carbonyl (C=O) groups excluding carboxylic acids is 3. The number of urea groups is 1. The summed E-state index contributed by atoms with van der Waals surface area (Å²) in [6.07, 6.45) is 0.802. The van der Waals surface area contributed by atoms with Crippen LogP contribution in [0.1, 0.15) is 25.0 Å². The maximum absolute atomic E-state index is 12.9. The highest BCUT2D eigenvalue weighted by atomic mass is 19.3. The fraction of sp³-hybridized carbons (Fsp3) is 0.286. The van der Waals surface area contributed by atoms with E-state index in [2.05, 4.69) is 15.4 Å². The van der Waals surface area contributed by atoms with Crippen molar-refractivity contribution in [1.29, 1.82) is 0 Å². The third kappa shape index (κ3) is 4.40. The molecule has 1 heterocycles. The van der Waals surface area contributed by atoms with Gasteiger partial charge in [0.05, 0.1) is 0 Å². The number of ether oxygens (including phenoxy) is 1. The molecule has 0 bridgehead atoms. The molecule has 4 amide bonds. The van der Waals surface area contributed by atoms with Crippen LogP contribution < -0.4 is 15.4 Å². The maximum Gasteiger partial charge on any atom is 0.387 e. The Morgan fingerprint density at radius 2 is 1.90 bits per heavy atom. The van der Waals surface area contributed by atoms with Crippen molar-refractivity contribution in [3.8, 4) is 5.75 Å². The van der Waals surface area contributed by atoms with Crippen molar-refractivity contribution in [2.75, 3.05) is 11.9 Å². The molecule has 0 radical (unpaired) electrons. The standard InChI is InChI=1S/C21H21F2N3O4/c1-3-13-5-4-6-15(11-13)24-17(27)12-26-18(28)21(2,25-20(26)29)14-7-9-16(10-8-14)30-19(22)23/h4-11,19H,3,12H2,1-2H3,(H,24,27)(H,25,29)/t21-/m1/s1. The molecule has 0 unspecified atom stereocenters. The zero-order valence-corrected chi connectivity index (χ0v) is 16.4. The number of halogens is 2. The minimum atomic E-state index is -2.97. The molecule has 3 rings (SSSR count). The van der Waals surface area contributed by atoms with Crippen LogP contribution in [-0.2, 0) is 21.5 Å². The first-order valence-electron chi connectivity index (χ1n) is 9.31. The number of carbonyl (C=O) groups is 3. The van der Waals surface area contributed by atoms with Crippen molar-refractivity contribution >= 4 is 23.5 Å². The van der Waals surface area contributed by atoms with E-state index < -0.39 is 36.5 Å². The van der Waals surface area contributed by atoms with E-state index in [1.54, 1.807) is 12.1 Å². The van der Waals surface area contributed by atoms with Crippen LogP contribution in [0.4, 0.5) is 19.3 Å². The van der Waals surface area contributed by atoms with Crippen LogP contribution in [0.2, 0.25) is 0 Å². The topological polar surface area (TPSA) is 87.7 Å². The summed E-state index contributed by atoms with van der Waals surface area (Å²) in [7, 11) is 0. The fourth-order valence-corrected chi connectivity index (χ4v) is 3.22. The molecule has 2 aromatic rings. The number of imide groups is 1. The van der Waals surface area contributed by atoms with E-state index in [1.807, 2.05) is 19.1 Å². The van der Waals surface area contributed by atoms with Crippen LogP contribution in [0, 0.1) is 0 Å². The van der Waals surface area contributed by atoms with Gasteiger partial charge in [-0.15, -0.1) is 0 Å². The van der Waals surface area contributed by atoms with E-state index in [0.29, 0.717) is 11.3 Å². The van der Waals surface area contributed by atoms with Crippen molar-refractivity contribution in [2.24, 2.45) is 0 Å². The Hall–Kier alpha value is -3.49. The normalized spacial score (nSPS) is 18.5. The number of alkyl halides is 2. The van der Waals surface area contributed by atoms with Gasteiger partial charge in [0.25, 0.3) is 5.91 Å². The Kier molecular flexibility index (Phi) is 6.00. The van der Waals surface area contributed by atoms with E-state index in [9.17, 15) is 23.2 Å². The van der Waals surface area contributed by atoms with E-state index in [0.717, 1.165) is 16.9 Å². The van der Waals surface area contributed by atoms with Crippen LogP contribution in [0.3, 0.4) is 0 Å². The molecule has 1 aliphatic rings. The molecule has 1 aliphatic heterocycles. The van der Waals surface area contributed by atoms with Gasteiger partial charge >= 0.3 is 12.6 Å². The number of hydrogen-bond acceptors (Lipinski definition) is 4. The van der Waals surface area contributed by atoms with E-state index in [-0.39, 0.29) is 5.75 Å². The van der Waals surface area contributed by atoms with Crippen LogP contribution in [0.25, 0.3) is 0 Å². The van der Waals surface area contributed by atoms with Gasteiger partial charge in [-0.05, 0) is 48.7 Å². The first kappa shape index (κ1) is 21.2. The van der Waals surface area contributed by atoms with Gasteiger partial charge in [0.2, 0.25) is 5.91 Å². The predicted octanol–water partition coefficient (Wildman–Crippen LogP) is 3.26. The molecular formula is C21H21F2N3O4. The van der Waals surface area contributed by atoms with Gasteiger partial charge in [0, 0.05) is 5.69 Å². The molecule has 9 heteroatoms. The Bertz CT molecular complexity index is 965. The molecule has 0 aromatic heterocycles. The van der Waals surface area contributed by atoms with E-state index in [4.69, 9.17) is 0 Å². The molecule has 1 saturated heterocycles. The zero-order chi connectivity index (χ0) is 21.9. The first-order chi connectivity index (χ1) is 14.2. The predicted molar refractivity (Wildman–Crippen MR) is 105 cm³/mol. The van der Waals surface area contributed by atoms with Gasteiger partial charge in [-0.3, -0.25) is 14.5 Å². The molecule has 0 aliphatic carbocycles. The van der Waals surface area contributed by atoms with Gasteiger partial charge < -0.3 is 15.4 Å². The fourth-order valence-electron chi connectivity index (χ4n) is 3.22. The van der Waals surface area contributed by atoms with Gasteiger partial charge in [0.1, 0.15) is 17.8 Å². The third-order valence-electron chi connectivity index (χ3n) is 4.85. The molecule has 158 valence electrons. The molecule has 2 N–H and O–H groups in total. The molecular weight excluding hydrogens is 396 g/mol. The molecule has 2 aromatic carbocycles. The summed E-state index contributed by atoms with van der Waals surface area (Å²) in [4.78, 5) is 38.5. The highest BCUT2D eigenvalue weighted by Gasteiger charge is 2.49. The number of amides is 4. The number of aryl methyl sites for hydroxylation is 1. The summed E-state index contributed by atoms with van der Waals surface area (Å²) in [6, 6.07) is 11.9. The van der Waals surface area contributed by atoms with Crippen molar-refractivity contribution in [3.63, 3.8) is 0 Å². The Labute approximate surface area is 172 Å².